The molecular weight excluding hydrogens is 337 g/mol. The first-order chi connectivity index (χ1) is 10.0. The minimum absolute atomic E-state index is 0.197. The van der Waals surface area contributed by atoms with Crippen molar-refractivity contribution >= 4 is 38.9 Å². The van der Waals surface area contributed by atoms with Gasteiger partial charge in [-0.1, -0.05) is 15.9 Å². The summed E-state index contributed by atoms with van der Waals surface area (Å²) >= 11 is 3.20. The van der Waals surface area contributed by atoms with Gasteiger partial charge in [0.2, 0.25) is 0 Å². The number of hydrogen-bond acceptors (Lipinski definition) is 3. The van der Waals surface area contributed by atoms with Gasteiger partial charge in [-0.3, -0.25) is 4.79 Å². The van der Waals surface area contributed by atoms with Gasteiger partial charge in [-0.25, -0.2) is 4.39 Å². The molecule has 0 saturated carbocycles. The summed E-state index contributed by atoms with van der Waals surface area (Å²) < 4.78 is 14.5. The van der Waals surface area contributed by atoms with Crippen LogP contribution >= 0.6 is 15.9 Å². The molecule has 0 fully saturated rings. The second kappa shape index (κ2) is 6.58. The molecule has 0 unspecified atom stereocenters. The second-order valence-corrected chi connectivity index (χ2v) is 5.33. The van der Waals surface area contributed by atoms with Gasteiger partial charge in [-0.2, -0.15) is 0 Å². The lowest BCUT2D eigenvalue weighted by atomic mass is 10.1. The lowest BCUT2D eigenvalue weighted by molar-refractivity contribution is 0.0956. The fourth-order valence-electron chi connectivity index (χ4n) is 1.80. The van der Waals surface area contributed by atoms with Crippen molar-refractivity contribution in [2.24, 2.45) is 0 Å². The molecule has 21 heavy (non-hydrogen) atoms. The van der Waals surface area contributed by atoms with E-state index in [0.717, 1.165) is 0 Å². The first-order valence-corrected chi connectivity index (χ1v) is 7.20. The number of rotatable bonds is 4. The summed E-state index contributed by atoms with van der Waals surface area (Å²) in [6.45, 7) is 2.37. The molecule has 2 rings (SSSR count). The molecule has 0 saturated heterocycles. The van der Waals surface area contributed by atoms with E-state index < -0.39 is 5.82 Å². The van der Waals surface area contributed by atoms with Crippen LogP contribution in [0.15, 0.2) is 40.9 Å². The Labute approximate surface area is 130 Å². The highest BCUT2D eigenvalue weighted by atomic mass is 79.9. The molecule has 0 bridgehead atoms. The molecule has 0 aliphatic carbocycles. The van der Waals surface area contributed by atoms with Crippen LogP contribution in [0.25, 0.3) is 0 Å². The van der Waals surface area contributed by atoms with Crippen LogP contribution in [0.5, 0.6) is 0 Å². The van der Waals surface area contributed by atoms with Crippen LogP contribution in [0.4, 0.5) is 21.5 Å². The molecule has 110 valence electrons. The van der Waals surface area contributed by atoms with Crippen molar-refractivity contribution in [1.82, 2.24) is 5.32 Å². The van der Waals surface area contributed by atoms with Crippen molar-refractivity contribution in [2.45, 2.75) is 6.92 Å². The maximum absolute atomic E-state index is 13.8. The van der Waals surface area contributed by atoms with Gasteiger partial charge >= 0.3 is 0 Å². The van der Waals surface area contributed by atoms with Gasteiger partial charge in [-0.15, -0.1) is 0 Å². The monoisotopic (exact) mass is 351 g/mol. The van der Waals surface area contributed by atoms with Crippen molar-refractivity contribution in [3.8, 4) is 0 Å². The predicted octanol–water partition coefficient (Wildman–Crippen LogP) is 3.66. The molecule has 0 heterocycles. The Balaban J connectivity index is 2.30. The number of anilines is 3. The molecule has 4 nitrogen and oxygen atoms in total. The quantitative estimate of drug-likeness (QED) is 0.736. The fraction of sp³-hybridized carbons (Fsp3) is 0.133. The molecule has 2 aromatic rings. The first-order valence-electron chi connectivity index (χ1n) is 6.41. The molecule has 1 amide bonds. The van der Waals surface area contributed by atoms with Crippen LogP contribution in [0.1, 0.15) is 17.3 Å². The number of nitrogen functional groups attached to an aromatic ring is 1. The molecule has 2 aromatic carbocycles. The number of hydrogen-bond donors (Lipinski definition) is 3. The summed E-state index contributed by atoms with van der Waals surface area (Å²) in [5, 5.41) is 5.61. The Morgan fingerprint density at radius 1 is 1.24 bits per heavy atom. The van der Waals surface area contributed by atoms with E-state index in [1.165, 1.54) is 6.07 Å². The van der Waals surface area contributed by atoms with E-state index in [1.807, 2.05) is 6.92 Å². The van der Waals surface area contributed by atoms with Crippen LogP contribution in [-0.4, -0.2) is 12.5 Å². The van der Waals surface area contributed by atoms with Gasteiger partial charge in [-0.05, 0) is 43.3 Å². The average molecular weight is 352 g/mol. The number of halogens is 2. The van der Waals surface area contributed by atoms with Crippen molar-refractivity contribution < 1.29 is 9.18 Å². The predicted molar refractivity (Wildman–Crippen MR) is 86.2 cm³/mol. The number of nitrogens with two attached hydrogens (primary N) is 1. The maximum atomic E-state index is 13.8. The maximum Gasteiger partial charge on any atom is 0.251 e. The van der Waals surface area contributed by atoms with Crippen LogP contribution in [0.3, 0.4) is 0 Å². The van der Waals surface area contributed by atoms with E-state index in [0.29, 0.717) is 28.0 Å². The van der Waals surface area contributed by atoms with Crippen LogP contribution in [0, 0.1) is 5.82 Å². The van der Waals surface area contributed by atoms with Crippen LogP contribution in [0.2, 0.25) is 0 Å². The van der Waals surface area contributed by atoms with Gasteiger partial charge in [0, 0.05) is 16.6 Å². The Morgan fingerprint density at radius 3 is 2.67 bits per heavy atom. The Hall–Kier alpha value is -2.08. The van der Waals surface area contributed by atoms with Gasteiger partial charge < -0.3 is 16.4 Å². The third-order valence-electron chi connectivity index (χ3n) is 2.85. The molecule has 0 aliphatic heterocycles. The fourth-order valence-corrected chi connectivity index (χ4v) is 2.14. The Morgan fingerprint density at radius 2 is 2.00 bits per heavy atom. The number of benzene rings is 2. The van der Waals surface area contributed by atoms with Gasteiger partial charge in [0.25, 0.3) is 5.91 Å². The summed E-state index contributed by atoms with van der Waals surface area (Å²) in [5.41, 5.74) is 7.54. The molecule has 0 radical (unpaired) electrons. The standard InChI is InChI=1S/C15H15BrFN3O/c1-2-19-15(21)9-3-5-12(18)14(7-9)20-13-6-4-10(16)8-11(13)17/h3-8,20H,2,18H2,1H3,(H,19,21). The molecular formula is C15H15BrFN3O. The summed E-state index contributed by atoms with van der Waals surface area (Å²) in [6.07, 6.45) is 0. The second-order valence-electron chi connectivity index (χ2n) is 4.41. The van der Waals surface area contributed by atoms with E-state index in [9.17, 15) is 9.18 Å². The molecule has 0 spiro atoms. The van der Waals surface area contributed by atoms with Gasteiger partial charge in [0.1, 0.15) is 5.82 Å². The largest absolute Gasteiger partial charge is 0.397 e. The normalized spacial score (nSPS) is 10.2. The van der Waals surface area contributed by atoms with Crippen molar-refractivity contribution in [3.63, 3.8) is 0 Å². The zero-order chi connectivity index (χ0) is 15.4. The number of carbonyl (C=O) groups is 1. The SMILES string of the molecule is CCNC(=O)c1ccc(N)c(Nc2ccc(Br)cc2F)c1. The third kappa shape index (κ3) is 3.72. The van der Waals surface area contributed by atoms with Gasteiger partial charge in [0.05, 0.1) is 17.1 Å². The Bertz CT molecular complexity index is 676. The number of amides is 1. The smallest absolute Gasteiger partial charge is 0.251 e. The van der Waals surface area contributed by atoms with Crippen molar-refractivity contribution in [2.75, 3.05) is 17.6 Å². The number of nitrogens with one attached hydrogen (secondary N) is 2. The molecule has 4 N–H and O–H groups in total. The van der Waals surface area contributed by atoms with E-state index in [-0.39, 0.29) is 11.6 Å². The summed E-state index contributed by atoms with van der Waals surface area (Å²) in [4.78, 5) is 11.8. The summed E-state index contributed by atoms with van der Waals surface area (Å²) in [7, 11) is 0. The zero-order valence-corrected chi connectivity index (χ0v) is 13.0. The highest BCUT2D eigenvalue weighted by Gasteiger charge is 2.09. The van der Waals surface area contributed by atoms with Crippen molar-refractivity contribution in [1.29, 1.82) is 0 Å². The minimum atomic E-state index is -0.410. The van der Waals surface area contributed by atoms with E-state index in [1.54, 1.807) is 30.3 Å². The van der Waals surface area contributed by atoms with E-state index >= 15 is 0 Å². The Kier molecular flexibility index (Phi) is 4.80. The lowest BCUT2D eigenvalue weighted by Gasteiger charge is -2.12. The zero-order valence-electron chi connectivity index (χ0n) is 11.4. The molecule has 0 aliphatic rings. The summed E-state index contributed by atoms with van der Waals surface area (Å²) in [5.74, 6) is -0.607. The lowest BCUT2D eigenvalue weighted by Crippen LogP contribution is -2.22. The van der Waals surface area contributed by atoms with E-state index in [2.05, 4.69) is 26.6 Å². The molecule has 6 heteroatoms. The third-order valence-corrected chi connectivity index (χ3v) is 3.35. The topological polar surface area (TPSA) is 67.2 Å². The van der Waals surface area contributed by atoms with Crippen LogP contribution < -0.4 is 16.4 Å². The number of carbonyl (C=O) groups excluding carboxylic acids is 1. The van der Waals surface area contributed by atoms with E-state index in [4.69, 9.17) is 5.73 Å². The average Bonchev–Trinajstić information content (AvgIpc) is 2.44. The molecule has 0 aromatic heterocycles. The summed E-state index contributed by atoms with van der Waals surface area (Å²) in [6, 6.07) is 9.51. The highest BCUT2D eigenvalue weighted by Crippen LogP contribution is 2.27. The minimum Gasteiger partial charge on any atom is -0.397 e. The van der Waals surface area contributed by atoms with Crippen molar-refractivity contribution in [3.05, 3.63) is 52.3 Å². The first kappa shape index (κ1) is 15.3. The van der Waals surface area contributed by atoms with Crippen LogP contribution in [-0.2, 0) is 0 Å². The van der Waals surface area contributed by atoms with Gasteiger partial charge in [0.15, 0.2) is 0 Å². The highest BCUT2D eigenvalue weighted by molar-refractivity contribution is 9.10. The molecule has 0 atom stereocenters.